The van der Waals surface area contributed by atoms with Crippen LogP contribution in [0.1, 0.15) is 28.4 Å². The van der Waals surface area contributed by atoms with Gasteiger partial charge in [0.05, 0.1) is 26.4 Å². The van der Waals surface area contributed by atoms with Crippen molar-refractivity contribution in [1.29, 1.82) is 0 Å². The predicted molar refractivity (Wildman–Crippen MR) is 123 cm³/mol. The van der Waals surface area contributed by atoms with Gasteiger partial charge in [-0.15, -0.1) is 0 Å². The van der Waals surface area contributed by atoms with Crippen molar-refractivity contribution in [3.05, 3.63) is 53.1 Å². The second-order valence-corrected chi connectivity index (χ2v) is 10.8. The molecular weight excluding hydrogens is 418 g/mol. The predicted octanol–water partition coefficient (Wildman–Crippen LogP) is 3.92. The fourth-order valence-corrected chi connectivity index (χ4v) is 5.27. The lowest BCUT2D eigenvalue weighted by molar-refractivity contribution is 0.0982. The lowest BCUT2D eigenvalue weighted by Crippen LogP contribution is -2.37. The number of fused-ring (bicyclic) bond motifs is 1. The summed E-state index contributed by atoms with van der Waals surface area (Å²) in [5.41, 5.74) is 3.30. The first-order valence-corrected chi connectivity index (χ1v) is 12.3. The Morgan fingerprint density at radius 2 is 1.77 bits per heavy atom. The van der Waals surface area contributed by atoms with Gasteiger partial charge in [0.1, 0.15) is 0 Å². The van der Waals surface area contributed by atoms with Crippen molar-refractivity contribution in [3.63, 3.8) is 0 Å². The molecule has 0 atom stereocenters. The summed E-state index contributed by atoms with van der Waals surface area (Å²) in [4.78, 5) is 22.0. The normalized spacial score (nSPS) is 11.9. The van der Waals surface area contributed by atoms with E-state index in [1.54, 1.807) is 30.0 Å². The highest BCUT2D eigenvalue weighted by atomic mass is 32.2. The summed E-state index contributed by atoms with van der Waals surface area (Å²) in [7, 11) is 0.336. The van der Waals surface area contributed by atoms with Gasteiger partial charge >= 0.3 is 0 Å². The van der Waals surface area contributed by atoms with Crippen molar-refractivity contribution in [1.82, 2.24) is 9.88 Å². The Kier molecular flexibility index (Phi) is 6.59. The molecule has 0 aliphatic rings. The van der Waals surface area contributed by atoms with Gasteiger partial charge in [0, 0.05) is 13.1 Å². The number of amides is 1. The SMILES string of the molecule is CCS(=O)(=O)c1ccccc1C(=O)N(CCN(C)C)c1nc2c(C)c(C)ccc2s1. The van der Waals surface area contributed by atoms with Crippen LogP contribution < -0.4 is 4.90 Å². The monoisotopic (exact) mass is 445 g/mol. The maximum atomic E-state index is 13.6. The molecule has 6 nitrogen and oxygen atoms in total. The van der Waals surface area contributed by atoms with E-state index in [1.165, 1.54) is 17.4 Å². The topological polar surface area (TPSA) is 70.6 Å². The van der Waals surface area contributed by atoms with Crippen LogP contribution in [0.15, 0.2) is 41.3 Å². The lowest BCUT2D eigenvalue weighted by atomic mass is 10.1. The number of aromatic nitrogens is 1. The van der Waals surface area contributed by atoms with Crippen molar-refractivity contribution in [3.8, 4) is 0 Å². The van der Waals surface area contributed by atoms with Crippen LogP contribution in [0.3, 0.4) is 0 Å². The molecule has 1 aromatic heterocycles. The molecule has 0 bridgehead atoms. The molecule has 0 aliphatic carbocycles. The smallest absolute Gasteiger partial charge is 0.261 e. The number of benzene rings is 2. The number of likely N-dealkylation sites (N-methyl/N-ethyl adjacent to an activating group) is 1. The molecule has 0 radical (unpaired) electrons. The van der Waals surface area contributed by atoms with Crippen LogP contribution in [0.4, 0.5) is 5.13 Å². The molecule has 3 aromatic rings. The molecule has 30 heavy (non-hydrogen) atoms. The van der Waals surface area contributed by atoms with Gasteiger partial charge in [-0.25, -0.2) is 13.4 Å². The number of sulfone groups is 1. The fraction of sp³-hybridized carbons (Fsp3) is 0.364. The van der Waals surface area contributed by atoms with E-state index >= 15 is 0 Å². The highest BCUT2D eigenvalue weighted by molar-refractivity contribution is 7.91. The molecule has 160 valence electrons. The zero-order valence-electron chi connectivity index (χ0n) is 18.0. The summed E-state index contributed by atoms with van der Waals surface area (Å²) in [6.45, 7) is 6.68. The molecule has 2 aromatic carbocycles. The molecule has 1 amide bonds. The van der Waals surface area contributed by atoms with Gasteiger partial charge < -0.3 is 4.90 Å². The Morgan fingerprint density at radius 3 is 2.43 bits per heavy atom. The third-order valence-corrected chi connectivity index (χ3v) is 7.98. The van der Waals surface area contributed by atoms with Crippen molar-refractivity contribution >= 4 is 42.4 Å². The van der Waals surface area contributed by atoms with Crippen molar-refractivity contribution < 1.29 is 13.2 Å². The molecular formula is C22H27N3O3S2. The van der Waals surface area contributed by atoms with Gasteiger partial charge in [-0.1, -0.05) is 36.5 Å². The molecule has 0 N–H and O–H groups in total. The van der Waals surface area contributed by atoms with Crippen LogP contribution in [0.25, 0.3) is 10.2 Å². The number of hydrogen-bond donors (Lipinski definition) is 0. The third kappa shape index (κ3) is 4.40. The summed E-state index contributed by atoms with van der Waals surface area (Å²) < 4.78 is 26.2. The number of carbonyl (C=O) groups is 1. The molecule has 0 spiro atoms. The molecule has 0 saturated heterocycles. The van der Waals surface area contributed by atoms with E-state index in [-0.39, 0.29) is 22.1 Å². The highest BCUT2D eigenvalue weighted by Crippen LogP contribution is 2.33. The van der Waals surface area contributed by atoms with Gasteiger partial charge in [0.25, 0.3) is 5.91 Å². The Balaban J connectivity index is 2.12. The van der Waals surface area contributed by atoms with Crippen LogP contribution in [-0.4, -0.2) is 57.1 Å². The molecule has 0 saturated carbocycles. The second-order valence-electron chi connectivity index (χ2n) is 7.51. The minimum Gasteiger partial charge on any atom is -0.308 e. The molecule has 0 fully saturated rings. The van der Waals surface area contributed by atoms with Crippen molar-refractivity contribution in [2.75, 3.05) is 37.8 Å². The van der Waals surface area contributed by atoms with Gasteiger partial charge in [0.2, 0.25) is 0 Å². The van der Waals surface area contributed by atoms with Crippen LogP contribution in [0.5, 0.6) is 0 Å². The number of anilines is 1. The number of carbonyl (C=O) groups excluding carboxylic acids is 1. The van der Waals surface area contributed by atoms with Gasteiger partial charge in [-0.05, 0) is 57.3 Å². The van der Waals surface area contributed by atoms with Gasteiger partial charge in [-0.2, -0.15) is 0 Å². The Hall–Kier alpha value is -2.29. The molecule has 0 aliphatic heterocycles. The second kappa shape index (κ2) is 8.83. The first kappa shape index (κ1) is 22.4. The van der Waals surface area contributed by atoms with E-state index in [0.717, 1.165) is 21.3 Å². The molecule has 8 heteroatoms. The van der Waals surface area contributed by atoms with E-state index in [9.17, 15) is 13.2 Å². The first-order valence-electron chi connectivity index (χ1n) is 9.80. The number of nitrogens with zero attached hydrogens (tertiary/aromatic N) is 3. The summed E-state index contributed by atoms with van der Waals surface area (Å²) in [5.74, 6) is -0.410. The van der Waals surface area contributed by atoms with Crippen LogP contribution >= 0.6 is 11.3 Å². The maximum absolute atomic E-state index is 13.6. The summed E-state index contributed by atoms with van der Waals surface area (Å²) >= 11 is 1.45. The van der Waals surface area contributed by atoms with Gasteiger partial charge in [0.15, 0.2) is 15.0 Å². The third-order valence-electron chi connectivity index (χ3n) is 5.15. The minimum atomic E-state index is -3.53. The zero-order chi connectivity index (χ0) is 22.1. The summed E-state index contributed by atoms with van der Waals surface area (Å²) in [5, 5.41) is 0.578. The Labute approximate surface area is 182 Å². The highest BCUT2D eigenvalue weighted by Gasteiger charge is 2.27. The summed E-state index contributed by atoms with van der Waals surface area (Å²) in [6, 6.07) is 10.5. The molecule has 3 rings (SSSR count). The number of rotatable bonds is 7. The van der Waals surface area contributed by atoms with E-state index < -0.39 is 9.84 Å². The van der Waals surface area contributed by atoms with Crippen LogP contribution in [0.2, 0.25) is 0 Å². The Bertz CT molecular complexity index is 1180. The van der Waals surface area contributed by atoms with Gasteiger partial charge in [-0.3, -0.25) is 9.69 Å². The Morgan fingerprint density at radius 1 is 1.07 bits per heavy atom. The maximum Gasteiger partial charge on any atom is 0.261 e. The van der Waals surface area contributed by atoms with Crippen LogP contribution in [-0.2, 0) is 9.84 Å². The number of aryl methyl sites for hydroxylation is 2. The van der Waals surface area contributed by atoms with E-state index in [2.05, 4.69) is 6.07 Å². The largest absolute Gasteiger partial charge is 0.308 e. The molecule has 0 unspecified atom stereocenters. The zero-order valence-corrected chi connectivity index (χ0v) is 19.6. The molecule has 1 heterocycles. The first-order chi connectivity index (χ1) is 14.2. The minimum absolute atomic E-state index is 0.0609. The van der Waals surface area contributed by atoms with Crippen molar-refractivity contribution in [2.45, 2.75) is 25.7 Å². The van der Waals surface area contributed by atoms with E-state index in [1.807, 2.05) is 38.9 Å². The van der Waals surface area contributed by atoms with E-state index in [4.69, 9.17) is 4.98 Å². The quantitative estimate of drug-likeness (QED) is 0.551. The standard InChI is InChI=1S/C22H27N3O3S2/c1-6-30(27,28)19-10-8-7-9-17(19)21(26)25(14-13-24(4)5)22-23-20-16(3)15(2)11-12-18(20)29-22/h7-12H,6,13-14H2,1-5H3. The van der Waals surface area contributed by atoms with Crippen LogP contribution in [0, 0.1) is 13.8 Å². The number of hydrogen-bond acceptors (Lipinski definition) is 6. The fourth-order valence-electron chi connectivity index (χ4n) is 3.13. The summed E-state index contributed by atoms with van der Waals surface area (Å²) in [6.07, 6.45) is 0. The average Bonchev–Trinajstić information content (AvgIpc) is 3.15. The average molecular weight is 446 g/mol. The van der Waals surface area contributed by atoms with Crippen molar-refractivity contribution in [2.24, 2.45) is 0 Å². The number of thiazole rings is 1. The lowest BCUT2D eigenvalue weighted by Gasteiger charge is -2.23. The van der Waals surface area contributed by atoms with E-state index in [0.29, 0.717) is 18.2 Å².